The number of hydrogen-bond acceptors (Lipinski definition) is 4. The number of aromatic nitrogens is 1. The summed E-state index contributed by atoms with van der Waals surface area (Å²) in [6.07, 6.45) is 3.09. The quantitative estimate of drug-likeness (QED) is 0.605. The van der Waals surface area contributed by atoms with Crippen LogP contribution in [0, 0.1) is 11.9 Å². The number of ether oxygens (including phenoxy) is 1. The van der Waals surface area contributed by atoms with E-state index >= 15 is 0 Å². The number of nitrogens with zero attached hydrogens (tertiary/aromatic N) is 2. The molecule has 0 unspecified atom stereocenters. The molecule has 1 aromatic rings. The molecule has 0 N–H and O–H groups in total. The molecular formula is C13H17FN2O2. The van der Waals surface area contributed by atoms with E-state index in [1.54, 1.807) is 0 Å². The standard InChI is InChI=1S/C13H17FN2O2/c1-18-13(17)11-3-6-16(7-4-11)9-10-2-5-15-12(14)8-10/h2,5,8,11H,3-4,6-7,9H2,1H3. The van der Waals surface area contributed by atoms with Crippen molar-refractivity contribution in [3.63, 3.8) is 0 Å². The first-order valence-electron chi connectivity index (χ1n) is 6.09. The molecule has 0 saturated carbocycles. The molecule has 0 aliphatic carbocycles. The molecule has 0 aromatic carbocycles. The van der Waals surface area contributed by atoms with Gasteiger partial charge in [-0.2, -0.15) is 4.39 Å². The lowest BCUT2D eigenvalue weighted by atomic mass is 9.97. The first-order valence-corrected chi connectivity index (χ1v) is 6.09. The lowest BCUT2D eigenvalue weighted by Crippen LogP contribution is -2.36. The van der Waals surface area contributed by atoms with Crippen molar-refractivity contribution in [2.75, 3.05) is 20.2 Å². The highest BCUT2D eigenvalue weighted by atomic mass is 19.1. The minimum Gasteiger partial charge on any atom is -0.469 e. The summed E-state index contributed by atoms with van der Waals surface area (Å²) in [6, 6.07) is 3.27. The summed E-state index contributed by atoms with van der Waals surface area (Å²) in [5.41, 5.74) is 0.916. The summed E-state index contributed by atoms with van der Waals surface area (Å²) in [7, 11) is 1.43. The van der Waals surface area contributed by atoms with E-state index in [9.17, 15) is 9.18 Å². The maximum Gasteiger partial charge on any atom is 0.308 e. The molecule has 5 heteroatoms. The van der Waals surface area contributed by atoms with Crippen LogP contribution in [0.2, 0.25) is 0 Å². The van der Waals surface area contributed by atoms with Crippen LogP contribution >= 0.6 is 0 Å². The number of halogens is 1. The van der Waals surface area contributed by atoms with Gasteiger partial charge in [0.05, 0.1) is 13.0 Å². The Kier molecular flexibility index (Phi) is 4.25. The summed E-state index contributed by atoms with van der Waals surface area (Å²) >= 11 is 0. The van der Waals surface area contributed by atoms with Crippen LogP contribution in [0.1, 0.15) is 18.4 Å². The van der Waals surface area contributed by atoms with Gasteiger partial charge in [0.15, 0.2) is 0 Å². The van der Waals surface area contributed by atoms with Gasteiger partial charge in [-0.25, -0.2) is 4.98 Å². The van der Waals surface area contributed by atoms with Gasteiger partial charge in [0.2, 0.25) is 5.95 Å². The number of carbonyl (C=O) groups excluding carboxylic acids is 1. The lowest BCUT2D eigenvalue weighted by molar-refractivity contribution is -0.147. The zero-order valence-electron chi connectivity index (χ0n) is 10.4. The van der Waals surface area contributed by atoms with Gasteiger partial charge in [0, 0.05) is 12.7 Å². The second-order valence-corrected chi connectivity index (χ2v) is 4.56. The summed E-state index contributed by atoms with van der Waals surface area (Å²) in [5.74, 6) is -0.554. The van der Waals surface area contributed by atoms with Crippen LogP contribution in [0.25, 0.3) is 0 Å². The largest absolute Gasteiger partial charge is 0.469 e. The molecule has 4 nitrogen and oxygen atoms in total. The van der Waals surface area contributed by atoms with Gasteiger partial charge in [-0.1, -0.05) is 0 Å². The number of rotatable bonds is 3. The molecule has 0 spiro atoms. The molecule has 2 heterocycles. The minimum atomic E-state index is -0.447. The number of piperidine rings is 1. The Balaban J connectivity index is 1.85. The topological polar surface area (TPSA) is 42.4 Å². The van der Waals surface area contributed by atoms with E-state index in [4.69, 9.17) is 4.74 Å². The molecule has 1 aliphatic rings. The van der Waals surface area contributed by atoms with Gasteiger partial charge in [0.1, 0.15) is 0 Å². The van der Waals surface area contributed by atoms with E-state index in [0.717, 1.165) is 31.5 Å². The van der Waals surface area contributed by atoms with Crippen molar-refractivity contribution in [2.24, 2.45) is 5.92 Å². The first-order chi connectivity index (χ1) is 8.69. The number of carbonyl (C=O) groups is 1. The van der Waals surface area contributed by atoms with Gasteiger partial charge in [0.25, 0.3) is 0 Å². The van der Waals surface area contributed by atoms with E-state index in [-0.39, 0.29) is 11.9 Å². The third kappa shape index (κ3) is 3.26. The maximum absolute atomic E-state index is 12.9. The lowest BCUT2D eigenvalue weighted by Gasteiger charge is -2.30. The third-order valence-corrected chi connectivity index (χ3v) is 3.32. The Morgan fingerprint density at radius 2 is 2.28 bits per heavy atom. The molecule has 0 radical (unpaired) electrons. The highest BCUT2D eigenvalue weighted by molar-refractivity contribution is 5.72. The molecule has 18 heavy (non-hydrogen) atoms. The molecule has 1 aliphatic heterocycles. The van der Waals surface area contributed by atoms with E-state index in [0.29, 0.717) is 6.54 Å². The average Bonchev–Trinajstić information content (AvgIpc) is 2.39. The fourth-order valence-corrected chi connectivity index (χ4v) is 2.29. The van der Waals surface area contributed by atoms with E-state index < -0.39 is 5.95 Å². The Bertz CT molecular complexity index is 417. The maximum atomic E-state index is 12.9. The van der Waals surface area contributed by atoms with Crippen molar-refractivity contribution in [1.29, 1.82) is 0 Å². The SMILES string of the molecule is COC(=O)C1CCN(Cc2ccnc(F)c2)CC1. The van der Waals surface area contributed by atoms with E-state index in [1.807, 2.05) is 6.07 Å². The van der Waals surface area contributed by atoms with E-state index in [1.165, 1.54) is 19.4 Å². The molecule has 0 amide bonds. The molecule has 0 bridgehead atoms. The monoisotopic (exact) mass is 252 g/mol. The predicted molar refractivity (Wildman–Crippen MR) is 64.2 cm³/mol. The van der Waals surface area contributed by atoms with Gasteiger partial charge >= 0.3 is 5.97 Å². The van der Waals surface area contributed by atoms with Crippen LogP contribution in [0.4, 0.5) is 4.39 Å². The predicted octanol–water partition coefficient (Wildman–Crippen LogP) is 1.61. The number of hydrogen-bond donors (Lipinski definition) is 0. The Morgan fingerprint density at radius 3 is 2.89 bits per heavy atom. The van der Waals surface area contributed by atoms with Gasteiger partial charge in [-0.05, 0) is 43.6 Å². The van der Waals surface area contributed by atoms with Crippen molar-refractivity contribution in [3.05, 3.63) is 29.8 Å². The second-order valence-electron chi connectivity index (χ2n) is 4.56. The Morgan fingerprint density at radius 1 is 1.56 bits per heavy atom. The Hall–Kier alpha value is -1.49. The zero-order valence-corrected chi connectivity index (χ0v) is 10.4. The number of likely N-dealkylation sites (tertiary alicyclic amines) is 1. The number of esters is 1. The molecule has 1 saturated heterocycles. The molecule has 0 atom stereocenters. The molecule has 1 fully saturated rings. The fraction of sp³-hybridized carbons (Fsp3) is 0.538. The summed E-state index contributed by atoms with van der Waals surface area (Å²) in [4.78, 5) is 17.1. The van der Waals surface area contributed by atoms with Crippen LogP contribution in [0.3, 0.4) is 0 Å². The van der Waals surface area contributed by atoms with Crippen molar-refractivity contribution < 1.29 is 13.9 Å². The fourth-order valence-electron chi connectivity index (χ4n) is 2.29. The first kappa shape index (κ1) is 13.0. The normalized spacial score (nSPS) is 17.7. The second kappa shape index (κ2) is 5.91. The van der Waals surface area contributed by atoms with Crippen molar-refractivity contribution in [2.45, 2.75) is 19.4 Å². The smallest absolute Gasteiger partial charge is 0.308 e. The van der Waals surface area contributed by atoms with Crippen LogP contribution in [-0.4, -0.2) is 36.1 Å². The zero-order chi connectivity index (χ0) is 13.0. The minimum absolute atomic E-state index is 0.0143. The van der Waals surface area contributed by atoms with Gasteiger partial charge in [-0.15, -0.1) is 0 Å². The van der Waals surface area contributed by atoms with Crippen molar-refractivity contribution in [1.82, 2.24) is 9.88 Å². The van der Waals surface area contributed by atoms with Crippen LogP contribution < -0.4 is 0 Å². The summed E-state index contributed by atoms with van der Waals surface area (Å²) in [6.45, 7) is 2.38. The molecule has 2 rings (SSSR count). The van der Waals surface area contributed by atoms with Crippen LogP contribution in [0.15, 0.2) is 18.3 Å². The van der Waals surface area contributed by atoms with E-state index in [2.05, 4.69) is 9.88 Å². The summed E-state index contributed by atoms with van der Waals surface area (Å²) < 4.78 is 17.7. The highest BCUT2D eigenvalue weighted by Crippen LogP contribution is 2.20. The van der Waals surface area contributed by atoms with Crippen molar-refractivity contribution >= 4 is 5.97 Å². The van der Waals surface area contributed by atoms with Gasteiger partial charge in [-0.3, -0.25) is 9.69 Å². The number of methoxy groups -OCH3 is 1. The Labute approximate surface area is 106 Å². The highest BCUT2D eigenvalue weighted by Gasteiger charge is 2.25. The third-order valence-electron chi connectivity index (χ3n) is 3.32. The van der Waals surface area contributed by atoms with Crippen molar-refractivity contribution in [3.8, 4) is 0 Å². The van der Waals surface area contributed by atoms with Crippen LogP contribution in [-0.2, 0) is 16.1 Å². The number of pyridine rings is 1. The molecular weight excluding hydrogens is 235 g/mol. The molecule has 1 aromatic heterocycles. The molecule has 98 valence electrons. The average molecular weight is 252 g/mol. The van der Waals surface area contributed by atoms with Crippen LogP contribution in [0.5, 0.6) is 0 Å². The summed E-state index contributed by atoms with van der Waals surface area (Å²) in [5, 5.41) is 0. The van der Waals surface area contributed by atoms with Gasteiger partial charge < -0.3 is 4.74 Å².